The average Bonchev–Trinajstić information content (AvgIpc) is 2.68. The molecule has 0 aromatic heterocycles. The fraction of sp³-hybridized carbons (Fsp3) is 0.647. The molecule has 0 saturated heterocycles. The van der Waals surface area contributed by atoms with E-state index in [1.165, 1.54) is 0 Å². The van der Waals surface area contributed by atoms with Crippen molar-refractivity contribution < 1.29 is 44.1 Å². The Hall–Kier alpha value is -3.26. The summed E-state index contributed by atoms with van der Waals surface area (Å²) in [6, 6.07) is -6.04. The summed E-state index contributed by atoms with van der Waals surface area (Å²) < 4.78 is 0. The summed E-state index contributed by atoms with van der Waals surface area (Å²) >= 11 is 0. The third-order valence-corrected chi connectivity index (χ3v) is 4.41. The number of amides is 4. The summed E-state index contributed by atoms with van der Waals surface area (Å²) in [6.07, 6.45) is -1.14. The Balaban J connectivity index is 5.34. The van der Waals surface area contributed by atoms with Crippen LogP contribution in [0, 0.1) is 5.92 Å². The molecule has 0 aliphatic rings. The number of hydrogen-bond donors (Lipinski definition) is 8. The first-order valence-electron chi connectivity index (χ1n) is 9.34. The molecule has 0 rings (SSSR count). The van der Waals surface area contributed by atoms with Crippen molar-refractivity contribution in [2.75, 3.05) is 6.61 Å². The molecule has 0 spiro atoms. The minimum atomic E-state index is -1.77. The maximum atomic E-state index is 12.4. The molecular weight excluding hydrogens is 418 g/mol. The van der Waals surface area contributed by atoms with Crippen LogP contribution in [0.25, 0.3) is 0 Å². The van der Waals surface area contributed by atoms with E-state index in [-0.39, 0.29) is 5.92 Å². The van der Waals surface area contributed by atoms with Gasteiger partial charge in [-0.25, -0.2) is 4.79 Å². The van der Waals surface area contributed by atoms with Gasteiger partial charge in [0, 0.05) is 0 Å². The van der Waals surface area contributed by atoms with Gasteiger partial charge >= 0.3 is 11.9 Å². The number of hydrogen-bond acceptors (Lipinski definition) is 8. The van der Waals surface area contributed by atoms with E-state index in [0.717, 1.165) is 0 Å². The molecule has 5 unspecified atom stereocenters. The van der Waals surface area contributed by atoms with Crippen molar-refractivity contribution in [3.8, 4) is 0 Å². The van der Waals surface area contributed by atoms with E-state index < -0.39 is 79.2 Å². The van der Waals surface area contributed by atoms with Gasteiger partial charge in [-0.05, 0) is 5.92 Å². The van der Waals surface area contributed by atoms with Crippen molar-refractivity contribution in [3.05, 3.63) is 0 Å². The lowest BCUT2D eigenvalue weighted by Gasteiger charge is -2.24. The van der Waals surface area contributed by atoms with Crippen molar-refractivity contribution >= 4 is 35.6 Å². The molecule has 0 fully saturated rings. The molecule has 31 heavy (non-hydrogen) atoms. The van der Waals surface area contributed by atoms with Crippen LogP contribution in [0.4, 0.5) is 0 Å². The van der Waals surface area contributed by atoms with Crippen molar-refractivity contribution in [1.29, 1.82) is 0 Å². The molecule has 14 nitrogen and oxygen atoms in total. The van der Waals surface area contributed by atoms with Gasteiger partial charge in [0.2, 0.25) is 23.6 Å². The fourth-order valence-corrected chi connectivity index (χ4v) is 2.30. The monoisotopic (exact) mass is 447 g/mol. The summed E-state index contributed by atoms with van der Waals surface area (Å²) in [7, 11) is 0. The van der Waals surface area contributed by atoms with Gasteiger partial charge in [0.1, 0.15) is 18.1 Å². The summed E-state index contributed by atoms with van der Waals surface area (Å²) in [5, 5.41) is 33.6. The Labute approximate surface area is 177 Å². The predicted molar refractivity (Wildman–Crippen MR) is 104 cm³/mol. The lowest BCUT2D eigenvalue weighted by atomic mass is 9.99. The molecule has 0 aliphatic carbocycles. The van der Waals surface area contributed by atoms with Gasteiger partial charge in [0.05, 0.1) is 25.5 Å². The summed E-state index contributed by atoms with van der Waals surface area (Å²) in [5.41, 5.74) is 10.7. The normalized spacial score (nSPS) is 15.5. The Morgan fingerprint density at radius 2 is 1.32 bits per heavy atom. The average molecular weight is 447 g/mol. The lowest BCUT2D eigenvalue weighted by molar-refractivity contribution is -0.145. The van der Waals surface area contributed by atoms with E-state index in [4.69, 9.17) is 21.7 Å². The van der Waals surface area contributed by atoms with Crippen molar-refractivity contribution in [3.63, 3.8) is 0 Å². The van der Waals surface area contributed by atoms with Crippen LogP contribution < -0.4 is 27.4 Å². The quantitative estimate of drug-likeness (QED) is 0.129. The van der Waals surface area contributed by atoms with E-state index in [9.17, 15) is 33.9 Å². The molecule has 0 aromatic carbocycles. The Morgan fingerprint density at radius 3 is 1.74 bits per heavy atom. The molecular formula is C17H29N5O9. The summed E-state index contributed by atoms with van der Waals surface area (Å²) in [6.45, 7) is 2.62. The molecule has 5 atom stereocenters. The third-order valence-electron chi connectivity index (χ3n) is 4.41. The maximum absolute atomic E-state index is 12.4. The molecule has 10 N–H and O–H groups in total. The van der Waals surface area contributed by atoms with Crippen LogP contribution in [-0.2, 0) is 28.8 Å². The van der Waals surface area contributed by atoms with E-state index in [1.807, 2.05) is 10.6 Å². The van der Waals surface area contributed by atoms with E-state index in [2.05, 4.69) is 5.32 Å². The minimum Gasteiger partial charge on any atom is -0.481 e. The first kappa shape index (κ1) is 27.7. The number of carboxylic acid groups (broad SMARTS) is 2. The van der Waals surface area contributed by atoms with Crippen molar-refractivity contribution in [2.45, 2.75) is 57.3 Å². The lowest BCUT2D eigenvalue weighted by Crippen LogP contribution is -2.59. The van der Waals surface area contributed by atoms with Crippen molar-refractivity contribution in [2.24, 2.45) is 17.4 Å². The number of carbonyl (C=O) groups is 6. The molecule has 4 amide bonds. The number of primary amides is 1. The summed E-state index contributed by atoms with van der Waals surface area (Å²) in [5.74, 6) is -7.44. The van der Waals surface area contributed by atoms with Crippen LogP contribution in [0.2, 0.25) is 0 Å². The molecule has 14 heteroatoms. The molecule has 176 valence electrons. The van der Waals surface area contributed by atoms with Crippen LogP contribution in [0.1, 0.15) is 33.1 Å². The number of aliphatic hydroxyl groups is 1. The largest absolute Gasteiger partial charge is 0.481 e. The van der Waals surface area contributed by atoms with E-state index in [0.29, 0.717) is 6.42 Å². The first-order chi connectivity index (χ1) is 14.3. The molecule has 0 aromatic rings. The highest BCUT2D eigenvalue weighted by atomic mass is 16.4. The number of nitrogens with two attached hydrogens (primary N) is 2. The van der Waals surface area contributed by atoms with Gasteiger partial charge in [-0.1, -0.05) is 20.3 Å². The zero-order valence-corrected chi connectivity index (χ0v) is 17.2. The maximum Gasteiger partial charge on any atom is 0.326 e. The minimum absolute atomic E-state index is 0.230. The predicted octanol–water partition coefficient (Wildman–Crippen LogP) is -3.76. The van der Waals surface area contributed by atoms with Crippen LogP contribution >= 0.6 is 0 Å². The topological polar surface area (TPSA) is 251 Å². The highest BCUT2D eigenvalue weighted by Gasteiger charge is 2.32. The fourth-order valence-electron chi connectivity index (χ4n) is 2.30. The van der Waals surface area contributed by atoms with Gasteiger partial charge in [-0.3, -0.25) is 24.0 Å². The molecule has 0 saturated carbocycles. The molecule has 0 radical (unpaired) electrons. The molecule has 0 heterocycles. The Bertz CT molecular complexity index is 699. The second kappa shape index (κ2) is 13.1. The molecule has 0 bridgehead atoms. The smallest absolute Gasteiger partial charge is 0.326 e. The number of aliphatic carboxylic acids is 2. The van der Waals surface area contributed by atoms with Crippen LogP contribution in [0.15, 0.2) is 0 Å². The van der Waals surface area contributed by atoms with Gasteiger partial charge in [-0.2, -0.15) is 0 Å². The van der Waals surface area contributed by atoms with Crippen molar-refractivity contribution in [1.82, 2.24) is 16.0 Å². The Kier molecular flexibility index (Phi) is 11.7. The zero-order chi connectivity index (χ0) is 24.3. The first-order valence-corrected chi connectivity index (χ1v) is 9.34. The highest BCUT2D eigenvalue weighted by molar-refractivity contribution is 5.96. The number of aliphatic hydroxyl groups excluding tert-OH is 1. The third kappa shape index (κ3) is 9.86. The van der Waals surface area contributed by atoms with E-state index >= 15 is 0 Å². The van der Waals surface area contributed by atoms with Gasteiger partial charge in [-0.15, -0.1) is 0 Å². The second-order valence-electron chi connectivity index (χ2n) is 6.88. The Morgan fingerprint density at radius 1 is 0.839 bits per heavy atom. The highest BCUT2D eigenvalue weighted by Crippen LogP contribution is 2.06. The van der Waals surface area contributed by atoms with Crippen LogP contribution in [0.5, 0.6) is 0 Å². The number of rotatable bonds is 14. The SMILES string of the molecule is CCC(C)C(N)C(=O)NC(CO)C(=O)NC(CC(=O)O)C(=O)NC(CC(N)=O)C(=O)O. The standard InChI is InChI=1S/C17H29N5O9/c1-3-7(2)13(19)16(29)22-10(6-23)15(28)20-8(5-12(25)26)14(27)21-9(17(30)31)4-11(18)24/h7-10,13,23H,3-6,19H2,1-2H3,(H2,18,24)(H,20,28)(H,21,27)(H,22,29)(H,25,26)(H,30,31). The van der Waals surface area contributed by atoms with Crippen LogP contribution in [0.3, 0.4) is 0 Å². The molecule has 0 aliphatic heterocycles. The zero-order valence-electron chi connectivity index (χ0n) is 17.2. The number of carbonyl (C=O) groups excluding carboxylic acids is 4. The number of carboxylic acids is 2. The van der Waals surface area contributed by atoms with E-state index in [1.54, 1.807) is 13.8 Å². The van der Waals surface area contributed by atoms with Gasteiger partial charge in [0.15, 0.2) is 0 Å². The second-order valence-corrected chi connectivity index (χ2v) is 6.88. The summed E-state index contributed by atoms with van der Waals surface area (Å²) in [4.78, 5) is 69.9. The number of nitrogens with one attached hydrogen (secondary N) is 3. The van der Waals surface area contributed by atoms with Gasteiger partial charge in [0.25, 0.3) is 0 Å². The van der Waals surface area contributed by atoms with Crippen LogP contribution in [-0.4, -0.2) is 81.7 Å². The van der Waals surface area contributed by atoms with Gasteiger partial charge < -0.3 is 42.7 Å².